The molecule has 15 heteroatoms. The van der Waals surface area contributed by atoms with Crippen molar-refractivity contribution in [2.24, 2.45) is 0 Å². The van der Waals surface area contributed by atoms with Crippen molar-refractivity contribution in [1.82, 2.24) is 19.5 Å². The molecule has 4 rings (SSSR count). The van der Waals surface area contributed by atoms with E-state index in [1.807, 2.05) is 0 Å². The average Bonchev–Trinajstić information content (AvgIpc) is 3.35. The molecule has 0 spiro atoms. The lowest BCUT2D eigenvalue weighted by Crippen LogP contribution is -2.14. The van der Waals surface area contributed by atoms with Crippen LogP contribution in [-0.4, -0.2) is 37.8 Å². The van der Waals surface area contributed by atoms with E-state index in [2.05, 4.69) is 25.0 Å². The molecule has 0 fully saturated rings. The number of hydrogen-bond acceptors (Lipinski definition) is 10. The Bertz CT molecular complexity index is 1490. The van der Waals surface area contributed by atoms with Crippen LogP contribution >= 0.6 is 0 Å². The Labute approximate surface area is 197 Å². The fraction of sp³-hybridized carbons (Fsp3) is 0.0500. The summed E-state index contributed by atoms with van der Waals surface area (Å²) in [6.45, 7) is 1.18. The zero-order chi connectivity index (χ0) is 25.2. The second kappa shape index (κ2) is 9.14. The molecule has 2 aromatic heterocycles. The van der Waals surface area contributed by atoms with Crippen LogP contribution in [0.3, 0.4) is 0 Å². The molecule has 35 heavy (non-hydrogen) atoms. The van der Waals surface area contributed by atoms with Gasteiger partial charge in [-0.15, -0.1) is 0 Å². The van der Waals surface area contributed by atoms with Crippen LogP contribution in [0.5, 0.6) is 0 Å². The summed E-state index contributed by atoms with van der Waals surface area (Å²) in [5.41, 5.74) is -0.846. The van der Waals surface area contributed by atoms with Crippen molar-refractivity contribution in [2.75, 3.05) is 10.0 Å². The van der Waals surface area contributed by atoms with Gasteiger partial charge in [-0.05, 0) is 31.2 Å². The van der Waals surface area contributed by atoms with Crippen molar-refractivity contribution >= 4 is 38.6 Å². The highest BCUT2D eigenvalue weighted by Crippen LogP contribution is 2.32. The lowest BCUT2D eigenvalue weighted by Gasteiger charge is -2.11. The Balaban J connectivity index is 1.54. The van der Waals surface area contributed by atoms with Gasteiger partial charge in [0.1, 0.15) is 34.7 Å². The van der Waals surface area contributed by atoms with E-state index in [1.54, 1.807) is 41.5 Å². The first-order valence-corrected chi connectivity index (χ1v) is 11.3. The molecule has 0 radical (unpaired) electrons. The fourth-order valence-corrected chi connectivity index (χ4v) is 4.23. The summed E-state index contributed by atoms with van der Waals surface area (Å²) < 4.78 is 29.6. The molecule has 14 nitrogen and oxygen atoms in total. The molecule has 0 saturated carbocycles. The molecular formula is C20H16N8O6S. The maximum absolute atomic E-state index is 12.8. The van der Waals surface area contributed by atoms with Crippen molar-refractivity contribution in [1.29, 1.82) is 0 Å². The first-order chi connectivity index (χ1) is 16.6. The third-order valence-electron chi connectivity index (χ3n) is 4.86. The predicted octanol–water partition coefficient (Wildman–Crippen LogP) is 3.33. The predicted molar refractivity (Wildman–Crippen MR) is 124 cm³/mol. The van der Waals surface area contributed by atoms with Crippen molar-refractivity contribution < 1.29 is 18.3 Å². The summed E-state index contributed by atoms with van der Waals surface area (Å²) in [5, 5.41) is 25.6. The Morgan fingerprint density at radius 2 is 1.57 bits per heavy atom. The van der Waals surface area contributed by atoms with Crippen LogP contribution in [-0.2, 0) is 10.0 Å². The average molecular weight is 496 g/mol. The molecule has 0 aliphatic rings. The lowest BCUT2D eigenvalue weighted by atomic mass is 10.1. The molecule has 2 aromatic carbocycles. The number of rotatable bonds is 8. The summed E-state index contributed by atoms with van der Waals surface area (Å²) in [5.74, 6) is 1.07. The molecule has 178 valence electrons. The molecule has 2 heterocycles. The molecular weight excluding hydrogens is 480 g/mol. The number of sulfonamides is 1. The molecule has 4 aromatic rings. The third-order valence-corrected chi connectivity index (χ3v) is 6.22. The standard InChI is InChI=1S/C20H16N8O6S/c1-13-17(27(29)30)8-16(9-18(13)28(31)32)35(33,34)25-15-4-2-14(3-5-15)24-19-10-20(23-11-22-19)26-7-6-21-12-26/h2-12,25H,1H3,(H,22,23,24). The van der Waals surface area contributed by atoms with Gasteiger partial charge in [-0.1, -0.05) is 0 Å². The Morgan fingerprint density at radius 1 is 0.943 bits per heavy atom. The summed E-state index contributed by atoms with van der Waals surface area (Å²) >= 11 is 0. The lowest BCUT2D eigenvalue weighted by molar-refractivity contribution is -0.395. The van der Waals surface area contributed by atoms with Crippen LogP contribution < -0.4 is 10.0 Å². The summed E-state index contributed by atoms with van der Waals surface area (Å²) in [6, 6.07) is 9.33. The molecule has 0 saturated heterocycles. The topological polar surface area (TPSA) is 188 Å². The van der Waals surface area contributed by atoms with Gasteiger partial charge in [-0.3, -0.25) is 29.5 Å². The second-order valence-corrected chi connectivity index (χ2v) is 8.82. The van der Waals surface area contributed by atoms with E-state index in [-0.39, 0.29) is 11.3 Å². The minimum atomic E-state index is -4.35. The largest absolute Gasteiger partial charge is 0.340 e. The number of aromatic nitrogens is 4. The molecule has 0 bridgehead atoms. The van der Waals surface area contributed by atoms with Crippen LogP contribution in [0.2, 0.25) is 0 Å². The molecule has 0 unspecified atom stereocenters. The van der Waals surface area contributed by atoms with Gasteiger partial charge in [0.25, 0.3) is 21.4 Å². The highest BCUT2D eigenvalue weighted by molar-refractivity contribution is 7.92. The molecule has 0 amide bonds. The maximum atomic E-state index is 12.8. The number of hydrogen-bond donors (Lipinski definition) is 2. The highest BCUT2D eigenvalue weighted by Gasteiger charge is 2.28. The van der Waals surface area contributed by atoms with E-state index < -0.39 is 36.1 Å². The Morgan fingerprint density at radius 3 is 2.14 bits per heavy atom. The van der Waals surface area contributed by atoms with E-state index in [9.17, 15) is 28.6 Å². The summed E-state index contributed by atoms with van der Waals surface area (Å²) in [7, 11) is -4.35. The van der Waals surface area contributed by atoms with Crippen LogP contribution in [0.25, 0.3) is 5.82 Å². The Hall–Kier alpha value is -4.92. The fourth-order valence-electron chi connectivity index (χ4n) is 3.13. The van der Waals surface area contributed by atoms with Crippen LogP contribution in [0, 0.1) is 27.2 Å². The number of nitrogens with one attached hydrogen (secondary N) is 2. The maximum Gasteiger partial charge on any atom is 0.280 e. The van der Waals surface area contributed by atoms with Gasteiger partial charge in [-0.2, -0.15) is 0 Å². The number of nitrogens with zero attached hydrogens (tertiary/aromatic N) is 6. The van der Waals surface area contributed by atoms with Crippen molar-refractivity contribution in [3.63, 3.8) is 0 Å². The molecule has 0 atom stereocenters. The SMILES string of the molecule is Cc1c([N+](=O)[O-])cc(S(=O)(=O)Nc2ccc(Nc3cc(-n4ccnc4)ncn3)cc2)cc1[N+](=O)[O-]. The zero-order valence-corrected chi connectivity index (χ0v) is 18.7. The van der Waals surface area contributed by atoms with Gasteiger partial charge < -0.3 is 5.32 Å². The number of nitro groups is 2. The minimum Gasteiger partial charge on any atom is -0.340 e. The van der Waals surface area contributed by atoms with Crippen LogP contribution in [0.1, 0.15) is 5.56 Å². The smallest absolute Gasteiger partial charge is 0.280 e. The van der Waals surface area contributed by atoms with Gasteiger partial charge in [0.15, 0.2) is 0 Å². The van der Waals surface area contributed by atoms with Gasteiger partial charge >= 0.3 is 0 Å². The van der Waals surface area contributed by atoms with Crippen LogP contribution in [0.15, 0.2) is 72.4 Å². The van der Waals surface area contributed by atoms with Gasteiger partial charge in [0.05, 0.1) is 9.85 Å². The Kier molecular flexibility index (Phi) is 6.07. The highest BCUT2D eigenvalue weighted by atomic mass is 32.2. The van der Waals surface area contributed by atoms with Gasteiger partial charge in [0, 0.05) is 42.0 Å². The van der Waals surface area contributed by atoms with E-state index in [0.717, 1.165) is 12.1 Å². The van der Waals surface area contributed by atoms with Gasteiger partial charge in [0.2, 0.25) is 0 Å². The van der Waals surface area contributed by atoms with Crippen molar-refractivity contribution in [3.8, 4) is 5.82 Å². The first-order valence-electron chi connectivity index (χ1n) is 9.78. The zero-order valence-electron chi connectivity index (χ0n) is 17.9. The number of anilines is 3. The monoisotopic (exact) mass is 496 g/mol. The molecule has 2 N–H and O–H groups in total. The normalized spacial score (nSPS) is 11.1. The van der Waals surface area contributed by atoms with Crippen molar-refractivity contribution in [2.45, 2.75) is 11.8 Å². The van der Waals surface area contributed by atoms with E-state index in [4.69, 9.17) is 0 Å². The quantitative estimate of drug-likeness (QED) is 0.270. The van der Waals surface area contributed by atoms with Gasteiger partial charge in [-0.25, -0.2) is 23.4 Å². The first kappa shape index (κ1) is 23.2. The molecule has 0 aliphatic carbocycles. The van der Waals surface area contributed by atoms with E-state index in [0.29, 0.717) is 17.3 Å². The number of nitro benzene ring substituents is 2. The summed E-state index contributed by atoms with van der Waals surface area (Å²) in [4.78, 5) is 32.4. The second-order valence-electron chi connectivity index (χ2n) is 7.14. The number of benzene rings is 2. The van der Waals surface area contributed by atoms with Crippen LogP contribution in [0.4, 0.5) is 28.6 Å². The number of imidazole rings is 1. The van der Waals surface area contributed by atoms with Crippen molar-refractivity contribution in [3.05, 3.63) is 93.3 Å². The van der Waals surface area contributed by atoms with E-state index >= 15 is 0 Å². The molecule has 0 aliphatic heterocycles. The minimum absolute atomic E-state index is 0.142. The van der Waals surface area contributed by atoms with E-state index in [1.165, 1.54) is 25.4 Å². The third kappa shape index (κ3) is 5.03. The summed E-state index contributed by atoms with van der Waals surface area (Å²) in [6.07, 6.45) is 6.30.